The molecule has 0 spiro atoms. The van der Waals surface area contributed by atoms with E-state index in [1.807, 2.05) is 19.2 Å². The first-order chi connectivity index (χ1) is 8.50. The Hall–Kier alpha value is -1.06. The second-order valence-corrected chi connectivity index (χ2v) is 5.37. The molecular weight excluding hydrogens is 224 g/mol. The number of benzene rings is 1. The van der Waals surface area contributed by atoms with E-state index in [9.17, 15) is 5.11 Å². The molecule has 1 aromatic carbocycles. The summed E-state index contributed by atoms with van der Waals surface area (Å²) in [5.74, 6) is 0.617. The van der Waals surface area contributed by atoms with Gasteiger partial charge in [-0.05, 0) is 31.0 Å². The molecule has 0 aliphatic rings. The van der Waals surface area contributed by atoms with Gasteiger partial charge in [0, 0.05) is 25.8 Å². The monoisotopic (exact) mass is 250 g/mol. The van der Waals surface area contributed by atoms with Crippen molar-refractivity contribution in [3.8, 4) is 0 Å². The summed E-state index contributed by atoms with van der Waals surface area (Å²) < 4.78 is 0. The summed E-state index contributed by atoms with van der Waals surface area (Å²) in [6, 6.07) is 8.24. The number of nitrogens with zero attached hydrogens (tertiary/aromatic N) is 1. The van der Waals surface area contributed by atoms with E-state index < -0.39 is 0 Å². The lowest BCUT2D eigenvalue weighted by Gasteiger charge is -2.24. The van der Waals surface area contributed by atoms with Gasteiger partial charge < -0.3 is 15.3 Å². The maximum atomic E-state index is 9.98. The van der Waals surface area contributed by atoms with E-state index in [-0.39, 0.29) is 6.10 Å². The topological polar surface area (TPSA) is 35.5 Å². The summed E-state index contributed by atoms with van der Waals surface area (Å²) in [5.41, 5.74) is 2.42. The summed E-state index contributed by atoms with van der Waals surface area (Å²) in [6.07, 6.45) is -0.339. The fraction of sp³-hybridized carbons (Fsp3) is 0.600. The van der Waals surface area contributed by atoms with Crippen LogP contribution < -0.4 is 10.2 Å². The van der Waals surface area contributed by atoms with E-state index in [1.54, 1.807) is 0 Å². The molecule has 1 rings (SSSR count). The molecule has 0 saturated carbocycles. The Balaban J connectivity index is 2.40. The fourth-order valence-corrected chi connectivity index (χ4v) is 2.01. The Morgan fingerprint density at radius 1 is 1.22 bits per heavy atom. The molecule has 3 nitrogen and oxygen atoms in total. The van der Waals surface area contributed by atoms with Gasteiger partial charge in [0.1, 0.15) is 0 Å². The molecule has 0 fully saturated rings. The lowest BCUT2D eigenvalue weighted by Crippen LogP contribution is -2.37. The molecule has 3 heteroatoms. The molecule has 0 bridgehead atoms. The van der Waals surface area contributed by atoms with Crippen molar-refractivity contribution in [1.29, 1.82) is 0 Å². The number of anilines is 1. The van der Waals surface area contributed by atoms with Crippen molar-refractivity contribution >= 4 is 5.69 Å². The first kappa shape index (κ1) is 15.0. The quantitative estimate of drug-likeness (QED) is 0.777. The molecule has 2 N–H and O–H groups in total. The molecule has 1 atom stereocenters. The number of nitrogens with one attached hydrogen (secondary N) is 1. The van der Waals surface area contributed by atoms with Crippen molar-refractivity contribution in [2.45, 2.75) is 26.9 Å². The van der Waals surface area contributed by atoms with Crippen molar-refractivity contribution in [2.75, 3.05) is 31.6 Å². The Morgan fingerprint density at radius 2 is 1.89 bits per heavy atom. The number of para-hydroxylation sites is 1. The van der Waals surface area contributed by atoms with Gasteiger partial charge in [0.15, 0.2) is 0 Å². The maximum absolute atomic E-state index is 9.98. The number of aliphatic hydroxyl groups excluding tert-OH is 1. The molecule has 0 heterocycles. The van der Waals surface area contributed by atoms with Crippen LogP contribution in [0.2, 0.25) is 0 Å². The number of rotatable bonds is 7. The van der Waals surface area contributed by atoms with E-state index >= 15 is 0 Å². The maximum Gasteiger partial charge on any atom is 0.0839 e. The average Bonchev–Trinajstić information content (AvgIpc) is 2.28. The van der Waals surface area contributed by atoms with Crippen LogP contribution in [0.5, 0.6) is 0 Å². The van der Waals surface area contributed by atoms with Gasteiger partial charge in [-0.2, -0.15) is 0 Å². The number of aliphatic hydroxyl groups is 1. The Labute approximate surface area is 111 Å². The van der Waals surface area contributed by atoms with E-state index in [2.05, 4.69) is 43.1 Å². The second-order valence-electron chi connectivity index (χ2n) is 5.37. The third-order valence-electron chi connectivity index (χ3n) is 2.94. The minimum Gasteiger partial charge on any atom is -0.390 e. The van der Waals surface area contributed by atoms with Gasteiger partial charge >= 0.3 is 0 Å². The van der Waals surface area contributed by atoms with Crippen LogP contribution in [0, 0.1) is 12.8 Å². The van der Waals surface area contributed by atoms with Gasteiger partial charge in [0.2, 0.25) is 0 Å². The molecule has 0 saturated heterocycles. The van der Waals surface area contributed by atoms with E-state index in [1.165, 1.54) is 11.3 Å². The van der Waals surface area contributed by atoms with Crippen molar-refractivity contribution in [3.05, 3.63) is 29.8 Å². The minimum absolute atomic E-state index is 0.339. The molecule has 0 radical (unpaired) electrons. The lowest BCUT2D eigenvalue weighted by molar-refractivity contribution is 0.177. The van der Waals surface area contributed by atoms with Crippen molar-refractivity contribution in [3.63, 3.8) is 0 Å². The Morgan fingerprint density at radius 3 is 2.50 bits per heavy atom. The van der Waals surface area contributed by atoms with Gasteiger partial charge in [-0.3, -0.25) is 0 Å². The van der Waals surface area contributed by atoms with Gasteiger partial charge in [0.25, 0.3) is 0 Å². The minimum atomic E-state index is -0.339. The molecule has 0 amide bonds. The molecule has 0 aromatic heterocycles. The van der Waals surface area contributed by atoms with Crippen LogP contribution in [0.4, 0.5) is 5.69 Å². The van der Waals surface area contributed by atoms with Gasteiger partial charge in [-0.1, -0.05) is 32.0 Å². The smallest absolute Gasteiger partial charge is 0.0839 e. The SMILES string of the molecule is Cc1ccccc1N(C)CC(O)CNCC(C)C. The second kappa shape index (κ2) is 7.39. The first-order valence-electron chi connectivity index (χ1n) is 6.66. The van der Waals surface area contributed by atoms with E-state index in [0.717, 1.165) is 6.54 Å². The van der Waals surface area contributed by atoms with Crippen LogP contribution in [0.15, 0.2) is 24.3 Å². The first-order valence-corrected chi connectivity index (χ1v) is 6.66. The highest BCUT2D eigenvalue weighted by atomic mass is 16.3. The third kappa shape index (κ3) is 5.07. The zero-order chi connectivity index (χ0) is 13.5. The van der Waals surface area contributed by atoms with Crippen molar-refractivity contribution in [1.82, 2.24) is 5.32 Å². The van der Waals surface area contributed by atoms with E-state index in [0.29, 0.717) is 19.0 Å². The van der Waals surface area contributed by atoms with Crippen LogP contribution >= 0.6 is 0 Å². The number of aryl methyl sites for hydroxylation is 1. The van der Waals surface area contributed by atoms with Gasteiger partial charge in [-0.25, -0.2) is 0 Å². The Kier molecular flexibility index (Phi) is 6.16. The largest absolute Gasteiger partial charge is 0.390 e. The highest BCUT2D eigenvalue weighted by molar-refractivity contribution is 5.52. The van der Waals surface area contributed by atoms with Crippen LogP contribution in [-0.4, -0.2) is 37.9 Å². The average molecular weight is 250 g/mol. The molecule has 102 valence electrons. The standard InChI is InChI=1S/C15H26N2O/c1-12(2)9-16-10-14(18)11-17(4)15-8-6-5-7-13(15)3/h5-8,12,14,16,18H,9-11H2,1-4H3. The molecule has 1 unspecified atom stereocenters. The fourth-order valence-electron chi connectivity index (χ4n) is 2.01. The summed E-state index contributed by atoms with van der Waals surface area (Å²) in [4.78, 5) is 2.11. The van der Waals surface area contributed by atoms with Gasteiger partial charge in [-0.15, -0.1) is 0 Å². The van der Waals surface area contributed by atoms with E-state index in [4.69, 9.17) is 0 Å². The summed E-state index contributed by atoms with van der Waals surface area (Å²) in [6.45, 7) is 8.67. The van der Waals surface area contributed by atoms with Crippen molar-refractivity contribution < 1.29 is 5.11 Å². The molecular formula is C15H26N2O. The number of hydrogen-bond acceptors (Lipinski definition) is 3. The Bertz CT molecular complexity index is 352. The van der Waals surface area contributed by atoms with Gasteiger partial charge in [0.05, 0.1) is 6.10 Å². The highest BCUT2D eigenvalue weighted by Gasteiger charge is 2.10. The summed E-state index contributed by atoms with van der Waals surface area (Å²) >= 11 is 0. The predicted octanol–water partition coefficient (Wildman–Crippen LogP) is 2.04. The van der Waals surface area contributed by atoms with Crippen LogP contribution in [-0.2, 0) is 0 Å². The number of likely N-dealkylation sites (N-methyl/N-ethyl adjacent to an activating group) is 1. The van der Waals surface area contributed by atoms with Crippen LogP contribution in [0.3, 0.4) is 0 Å². The zero-order valence-corrected chi connectivity index (χ0v) is 12.0. The normalized spacial score (nSPS) is 12.8. The molecule has 1 aromatic rings. The molecule has 0 aliphatic carbocycles. The third-order valence-corrected chi connectivity index (χ3v) is 2.94. The number of hydrogen-bond donors (Lipinski definition) is 2. The zero-order valence-electron chi connectivity index (χ0n) is 12.0. The van der Waals surface area contributed by atoms with Crippen molar-refractivity contribution in [2.24, 2.45) is 5.92 Å². The summed E-state index contributed by atoms with van der Waals surface area (Å²) in [7, 11) is 2.02. The molecule has 18 heavy (non-hydrogen) atoms. The highest BCUT2D eigenvalue weighted by Crippen LogP contribution is 2.17. The van der Waals surface area contributed by atoms with Crippen LogP contribution in [0.25, 0.3) is 0 Å². The van der Waals surface area contributed by atoms with Crippen LogP contribution in [0.1, 0.15) is 19.4 Å². The summed E-state index contributed by atoms with van der Waals surface area (Å²) in [5, 5.41) is 13.3. The predicted molar refractivity (Wildman–Crippen MR) is 78.2 cm³/mol. The lowest BCUT2D eigenvalue weighted by atomic mass is 10.1. The molecule has 0 aliphatic heterocycles.